The first-order valence-electron chi connectivity index (χ1n) is 14.8. The molecule has 1 heterocycles. The monoisotopic (exact) mass is 622 g/mol. The highest BCUT2D eigenvalue weighted by atomic mass is 16.6. The third-order valence-electron chi connectivity index (χ3n) is 6.75. The first-order chi connectivity index (χ1) is 21.4. The zero-order valence-electron chi connectivity index (χ0n) is 26.3. The molecule has 0 saturated carbocycles. The molecule has 1 aliphatic heterocycles. The van der Waals surface area contributed by atoms with E-state index in [2.05, 4.69) is 16.0 Å². The predicted molar refractivity (Wildman–Crippen MR) is 166 cm³/mol. The van der Waals surface area contributed by atoms with Crippen LogP contribution in [0, 0.1) is 0 Å². The van der Waals surface area contributed by atoms with Crippen LogP contribution in [0.4, 0.5) is 4.79 Å². The lowest BCUT2D eigenvalue weighted by Crippen LogP contribution is -2.65. The maximum Gasteiger partial charge on any atom is 0.408 e. The van der Waals surface area contributed by atoms with E-state index in [1.165, 1.54) is 12.0 Å². The van der Waals surface area contributed by atoms with E-state index in [0.29, 0.717) is 13.0 Å². The van der Waals surface area contributed by atoms with E-state index in [-0.39, 0.29) is 25.3 Å². The summed E-state index contributed by atoms with van der Waals surface area (Å²) in [5, 5.41) is 8.35. The second-order valence-electron chi connectivity index (χ2n) is 11.6. The second kappa shape index (κ2) is 16.4. The van der Waals surface area contributed by atoms with E-state index in [0.717, 1.165) is 11.1 Å². The normalized spacial score (nSPS) is 16.1. The molecule has 45 heavy (non-hydrogen) atoms. The fourth-order valence-electron chi connectivity index (χ4n) is 4.35. The summed E-state index contributed by atoms with van der Waals surface area (Å²) in [5.74, 6) is -2.08. The largest absolute Gasteiger partial charge is 0.464 e. The molecule has 3 atom stereocenters. The highest BCUT2D eigenvalue weighted by molar-refractivity contribution is 6.03. The van der Waals surface area contributed by atoms with Crippen molar-refractivity contribution in [2.45, 2.75) is 70.9 Å². The molecule has 0 aromatic heterocycles. The van der Waals surface area contributed by atoms with Gasteiger partial charge in [-0.15, -0.1) is 0 Å². The van der Waals surface area contributed by atoms with Crippen molar-refractivity contribution in [3.05, 3.63) is 77.5 Å². The summed E-state index contributed by atoms with van der Waals surface area (Å²) < 4.78 is 15.6. The molecule has 1 fully saturated rings. The molecule has 2 aromatic carbocycles. The average molecular weight is 623 g/mol. The molecule has 3 rings (SSSR count). The molecule has 1 aliphatic rings. The molecule has 12 heteroatoms. The van der Waals surface area contributed by atoms with Gasteiger partial charge >= 0.3 is 18.0 Å². The Kier molecular flexibility index (Phi) is 12.7. The van der Waals surface area contributed by atoms with Gasteiger partial charge in [0.15, 0.2) is 0 Å². The number of ether oxygens (including phenoxy) is 3. The van der Waals surface area contributed by atoms with Gasteiger partial charge in [-0.25, -0.2) is 14.4 Å². The van der Waals surface area contributed by atoms with Crippen LogP contribution in [0.5, 0.6) is 0 Å². The van der Waals surface area contributed by atoms with Crippen LogP contribution in [0.3, 0.4) is 0 Å². The quantitative estimate of drug-likeness (QED) is 0.0949. The van der Waals surface area contributed by atoms with Gasteiger partial charge in [-0.1, -0.05) is 60.7 Å². The van der Waals surface area contributed by atoms with Gasteiger partial charge in [0.05, 0.1) is 19.7 Å². The van der Waals surface area contributed by atoms with E-state index in [4.69, 9.17) is 14.2 Å². The summed E-state index contributed by atoms with van der Waals surface area (Å²) in [7, 11) is 1.24. The highest BCUT2D eigenvalue weighted by Gasteiger charge is 2.42. The SMILES string of the molecule is COC(=O)/C(=C/c1ccccc1)N1C[C@H](NC(=O)C(C)NCCCC(NC(=O)OC(C)(C)C)C(=O)OCc2ccccc2)C1=O. The molecule has 1 saturated heterocycles. The molecule has 2 aromatic rings. The van der Waals surface area contributed by atoms with Crippen LogP contribution < -0.4 is 16.0 Å². The van der Waals surface area contributed by atoms with Crippen LogP contribution in [-0.4, -0.2) is 78.7 Å². The Morgan fingerprint density at radius 3 is 2.27 bits per heavy atom. The molecule has 12 nitrogen and oxygen atoms in total. The van der Waals surface area contributed by atoms with Crippen molar-refractivity contribution in [2.24, 2.45) is 0 Å². The van der Waals surface area contributed by atoms with Gasteiger partial charge in [0, 0.05) is 0 Å². The number of methoxy groups -OCH3 is 1. The number of β-lactam (4-membered cyclic amide) rings is 1. The van der Waals surface area contributed by atoms with Gasteiger partial charge in [-0.3, -0.25) is 9.59 Å². The molecule has 2 unspecified atom stereocenters. The lowest BCUT2D eigenvalue weighted by molar-refractivity contribution is -0.149. The molecule has 0 bridgehead atoms. The van der Waals surface area contributed by atoms with Gasteiger partial charge in [-0.05, 0) is 64.3 Å². The van der Waals surface area contributed by atoms with E-state index in [1.54, 1.807) is 45.9 Å². The minimum absolute atomic E-state index is 0.0577. The number of hydrogen-bond acceptors (Lipinski definition) is 9. The van der Waals surface area contributed by atoms with E-state index >= 15 is 0 Å². The predicted octanol–water partition coefficient (Wildman–Crippen LogP) is 2.92. The first kappa shape index (κ1) is 34.8. The third kappa shape index (κ3) is 11.1. The maximum absolute atomic E-state index is 12.8. The third-order valence-corrected chi connectivity index (χ3v) is 6.75. The molecule has 0 spiro atoms. The van der Waals surface area contributed by atoms with Crippen molar-refractivity contribution in [3.63, 3.8) is 0 Å². The van der Waals surface area contributed by atoms with Gasteiger partial charge in [0.1, 0.15) is 30.0 Å². The number of rotatable bonds is 14. The lowest BCUT2D eigenvalue weighted by atomic mass is 10.0. The molecule has 3 amide bonds. The lowest BCUT2D eigenvalue weighted by Gasteiger charge is -2.39. The zero-order valence-corrected chi connectivity index (χ0v) is 26.3. The maximum atomic E-state index is 12.8. The number of benzene rings is 2. The standard InChI is InChI=1S/C33H42N4O8/c1-22(28(38)35-26-20-37(29(26)39)27(31(41)43-5)19-23-13-8-6-9-14-23)34-18-12-17-25(36-32(42)45-33(2,3)4)30(40)44-21-24-15-10-7-11-16-24/h6-11,13-16,19,22,25-26,34H,12,17-18,20-21H2,1-5H3,(H,35,38)(H,36,42)/b27-19-/t22?,25?,26-/m0/s1. The number of amides is 3. The smallest absolute Gasteiger partial charge is 0.408 e. The van der Waals surface area contributed by atoms with Crippen LogP contribution in [0.25, 0.3) is 6.08 Å². The Balaban J connectivity index is 1.48. The van der Waals surface area contributed by atoms with Crippen molar-refractivity contribution < 1.29 is 38.2 Å². The topological polar surface area (TPSA) is 152 Å². The summed E-state index contributed by atoms with van der Waals surface area (Å²) in [4.78, 5) is 64.5. The number of esters is 2. The van der Waals surface area contributed by atoms with Crippen LogP contribution in [-0.2, 0) is 40.0 Å². The van der Waals surface area contributed by atoms with Crippen LogP contribution in [0.2, 0.25) is 0 Å². The summed E-state index contributed by atoms with van der Waals surface area (Å²) in [5.41, 5.74) is 0.876. The molecule has 0 radical (unpaired) electrons. The molecule has 3 N–H and O–H groups in total. The fourth-order valence-corrected chi connectivity index (χ4v) is 4.35. The number of hydrogen-bond donors (Lipinski definition) is 3. The zero-order chi connectivity index (χ0) is 33.0. The first-order valence-corrected chi connectivity index (χ1v) is 14.8. The number of nitrogens with zero attached hydrogens (tertiary/aromatic N) is 1. The van der Waals surface area contributed by atoms with Crippen molar-refractivity contribution in [2.75, 3.05) is 20.2 Å². The number of likely N-dealkylation sites (tertiary alicyclic amines) is 1. The van der Waals surface area contributed by atoms with Crippen LogP contribution in [0.1, 0.15) is 51.7 Å². The number of alkyl carbamates (subject to hydrolysis) is 1. The fraction of sp³-hybridized carbons (Fsp3) is 0.424. The van der Waals surface area contributed by atoms with E-state index < -0.39 is 53.6 Å². The Hall–Kier alpha value is -4.71. The number of nitrogens with one attached hydrogen (secondary N) is 3. The Labute approximate surface area is 263 Å². The summed E-state index contributed by atoms with van der Waals surface area (Å²) in [6, 6.07) is 15.8. The van der Waals surface area contributed by atoms with Crippen LogP contribution >= 0.6 is 0 Å². The molecule has 0 aliphatic carbocycles. The van der Waals surface area contributed by atoms with Crippen LogP contribution in [0.15, 0.2) is 66.4 Å². The summed E-state index contributed by atoms with van der Waals surface area (Å²) >= 11 is 0. The average Bonchev–Trinajstić information content (AvgIpc) is 3.01. The van der Waals surface area contributed by atoms with Crippen molar-refractivity contribution in [1.29, 1.82) is 0 Å². The number of carbonyl (C=O) groups is 5. The minimum atomic E-state index is -0.957. The summed E-state index contributed by atoms with van der Waals surface area (Å²) in [6.07, 6.45) is 1.47. The Morgan fingerprint density at radius 1 is 1.02 bits per heavy atom. The van der Waals surface area contributed by atoms with E-state index in [1.807, 2.05) is 48.5 Å². The molecule has 242 valence electrons. The summed E-state index contributed by atoms with van der Waals surface area (Å²) in [6.45, 7) is 7.33. The number of carbonyl (C=O) groups excluding carboxylic acids is 5. The van der Waals surface area contributed by atoms with Gasteiger partial charge < -0.3 is 35.1 Å². The minimum Gasteiger partial charge on any atom is -0.464 e. The van der Waals surface area contributed by atoms with E-state index in [9.17, 15) is 24.0 Å². The van der Waals surface area contributed by atoms with Crippen molar-refractivity contribution in [1.82, 2.24) is 20.9 Å². The Morgan fingerprint density at radius 2 is 1.67 bits per heavy atom. The van der Waals surface area contributed by atoms with Gasteiger partial charge in [0.2, 0.25) is 5.91 Å². The van der Waals surface area contributed by atoms with Gasteiger partial charge in [0.25, 0.3) is 5.91 Å². The van der Waals surface area contributed by atoms with Gasteiger partial charge in [-0.2, -0.15) is 0 Å². The molecular weight excluding hydrogens is 580 g/mol. The van der Waals surface area contributed by atoms with Crippen molar-refractivity contribution >= 4 is 35.9 Å². The highest BCUT2D eigenvalue weighted by Crippen LogP contribution is 2.21. The molecular formula is C33H42N4O8. The Bertz CT molecular complexity index is 1360. The van der Waals surface area contributed by atoms with Crippen molar-refractivity contribution in [3.8, 4) is 0 Å². The second-order valence-corrected chi connectivity index (χ2v) is 11.6.